The fourth-order valence-electron chi connectivity index (χ4n) is 2.13. The second-order valence-electron chi connectivity index (χ2n) is 5.38. The number of rotatable bonds is 6. The molecule has 26 heavy (non-hydrogen) atoms. The highest BCUT2D eigenvalue weighted by Crippen LogP contribution is 2.24. The Kier molecular flexibility index (Phi) is 5.17. The third-order valence-electron chi connectivity index (χ3n) is 3.43. The van der Waals surface area contributed by atoms with Crippen molar-refractivity contribution in [1.29, 1.82) is 0 Å². The number of thiazole rings is 1. The monoisotopic (exact) mass is 377 g/mol. The van der Waals surface area contributed by atoms with Gasteiger partial charge in [0.2, 0.25) is 5.91 Å². The van der Waals surface area contributed by atoms with E-state index in [2.05, 4.69) is 15.3 Å². The predicted octanol–water partition coefficient (Wildman–Crippen LogP) is 3.85. The average molecular weight is 377 g/mol. The number of aromatic nitrogens is 2. The second-order valence-corrected chi connectivity index (χ2v) is 6.24. The van der Waals surface area contributed by atoms with E-state index in [1.165, 1.54) is 19.2 Å². The minimum atomic E-state index is -0.754. The van der Waals surface area contributed by atoms with Crippen LogP contribution in [0.25, 0.3) is 11.3 Å². The summed E-state index contributed by atoms with van der Waals surface area (Å²) in [6, 6.07) is 3.14. The number of Topliss-reactive ketones (excluding diaryl/α,β-unsaturated/α-hetero) is 1. The first kappa shape index (κ1) is 17.9. The number of nitrogens with zero attached hydrogens (tertiary/aromatic N) is 2. The molecule has 0 aliphatic rings. The van der Waals surface area contributed by atoms with Gasteiger partial charge in [0, 0.05) is 31.2 Å². The van der Waals surface area contributed by atoms with Crippen LogP contribution in [0.2, 0.25) is 0 Å². The number of aryl methyl sites for hydroxylation is 1. The van der Waals surface area contributed by atoms with Crippen LogP contribution < -0.4 is 5.32 Å². The second kappa shape index (κ2) is 7.52. The highest BCUT2D eigenvalue weighted by atomic mass is 32.1. The van der Waals surface area contributed by atoms with Crippen LogP contribution in [-0.2, 0) is 11.2 Å². The third kappa shape index (κ3) is 4.17. The van der Waals surface area contributed by atoms with Crippen LogP contribution in [0.5, 0.6) is 0 Å². The number of carbonyl (C=O) groups excluding carboxylic acids is 2. The number of carbonyl (C=O) groups is 2. The van der Waals surface area contributed by atoms with Gasteiger partial charge in [-0.3, -0.25) is 9.59 Å². The van der Waals surface area contributed by atoms with E-state index in [9.17, 15) is 18.4 Å². The van der Waals surface area contributed by atoms with Crippen molar-refractivity contribution in [2.24, 2.45) is 0 Å². The first-order valence-electron chi connectivity index (χ1n) is 7.59. The lowest BCUT2D eigenvalue weighted by Crippen LogP contribution is -2.12. The number of anilines is 1. The number of ketones is 1. The van der Waals surface area contributed by atoms with E-state index in [4.69, 9.17) is 4.42 Å². The number of amides is 1. The summed E-state index contributed by atoms with van der Waals surface area (Å²) in [5.74, 6) is -1.52. The van der Waals surface area contributed by atoms with Gasteiger partial charge in [0.05, 0.1) is 11.8 Å². The topological polar surface area (TPSA) is 85.1 Å². The van der Waals surface area contributed by atoms with Gasteiger partial charge in [-0.25, -0.2) is 18.7 Å². The SMILES string of the molecule is CC(=O)c1csc(NC(=O)CCc2ncc(-c3ccc(F)cc3F)o2)n1. The molecule has 0 aliphatic carbocycles. The van der Waals surface area contributed by atoms with Crippen molar-refractivity contribution in [3.05, 3.63) is 53.0 Å². The van der Waals surface area contributed by atoms with Crippen LogP contribution in [0.1, 0.15) is 29.7 Å². The van der Waals surface area contributed by atoms with Crippen molar-refractivity contribution >= 4 is 28.2 Å². The van der Waals surface area contributed by atoms with E-state index in [1.54, 1.807) is 5.38 Å². The molecular weight excluding hydrogens is 364 g/mol. The van der Waals surface area contributed by atoms with Crippen LogP contribution in [0.15, 0.2) is 34.2 Å². The van der Waals surface area contributed by atoms with Crippen molar-refractivity contribution in [3.63, 3.8) is 0 Å². The van der Waals surface area contributed by atoms with Gasteiger partial charge >= 0.3 is 0 Å². The molecular formula is C17H13F2N3O3S. The summed E-state index contributed by atoms with van der Waals surface area (Å²) in [6.45, 7) is 1.39. The van der Waals surface area contributed by atoms with Crippen LogP contribution in [0.3, 0.4) is 0 Å². The summed E-state index contributed by atoms with van der Waals surface area (Å²) in [6.07, 6.45) is 1.59. The molecule has 1 amide bonds. The van der Waals surface area contributed by atoms with Crippen LogP contribution in [0, 0.1) is 11.6 Å². The van der Waals surface area contributed by atoms with Gasteiger partial charge in [0.25, 0.3) is 0 Å². The summed E-state index contributed by atoms with van der Waals surface area (Å²) in [4.78, 5) is 31.1. The molecule has 1 N–H and O–H groups in total. The zero-order valence-corrected chi connectivity index (χ0v) is 14.4. The summed E-state index contributed by atoms with van der Waals surface area (Å²) in [5.41, 5.74) is 0.387. The average Bonchev–Trinajstić information content (AvgIpc) is 3.22. The Morgan fingerprint density at radius 3 is 2.81 bits per heavy atom. The number of hydrogen-bond donors (Lipinski definition) is 1. The van der Waals surface area contributed by atoms with E-state index in [1.807, 2.05) is 0 Å². The van der Waals surface area contributed by atoms with Gasteiger partial charge < -0.3 is 9.73 Å². The fourth-order valence-corrected chi connectivity index (χ4v) is 2.90. The number of oxazole rings is 1. The summed E-state index contributed by atoms with van der Waals surface area (Å²) in [7, 11) is 0. The lowest BCUT2D eigenvalue weighted by Gasteiger charge is -2.00. The molecule has 6 nitrogen and oxygen atoms in total. The Morgan fingerprint density at radius 2 is 2.12 bits per heavy atom. The Morgan fingerprint density at radius 1 is 1.31 bits per heavy atom. The lowest BCUT2D eigenvalue weighted by molar-refractivity contribution is -0.116. The molecule has 0 bridgehead atoms. The van der Waals surface area contributed by atoms with Crippen molar-refractivity contribution in [2.75, 3.05) is 5.32 Å². The molecule has 0 fully saturated rings. The lowest BCUT2D eigenvalue weighted by atomic mass is 10.2. The summed E-state index contributed by atoms with van der Waals surface area (Å²) >= 11 is 1.16. The van der Waals surface area contributed by atoms with E-state index >= 15 is 0 Å². The molecule has 9 heteroatoms. The minimum Gasteiger partial charge on any atom is -0.441 e. The molecule has 1 aromatic carbocycles. The van der Waals surface area contributed by atoms with Gasteiger partial charge in [0.15, 0.2) is 22.6 Å². The smallest absolute Gasteiger partial charge is 0.226 e. The molecule has 2 heterocycles. The van der Waals surface area contributed by atoms with Gasteiger partial charge in [-0.05, 0) is 12.1 Å². The van der Waals surface area contributed by atoms with Gasteiger partial charge in [-0.1, -0.05) is 0 Å². The highest BCUT2D eigenvalue weighted by molar-refractivity contribution is 7.14. The minimum absolute atomic E-state index is 0.0703. The van der Waals surface area contributed by atoms with Gasteiger partial charge in [0.1, 0.15) is 17.3 Å². The predicted molar refractivity (Wildman–Crippen MR) is 90.9 cm³/mol. The fraction of sp³-hybridized carbons (Fsp3) is 0.176. The maximum Gasteiger partial charge on any atom is 0.226 e. The molecule has 3 aromatic rings. The van der Waals surface area contributed by atoms with Gasteiger partial charge in [-0.2, -0.15) is 0 Å². The highest BCUT2D eigenvalue weighted by Gasteiger charge is 2.14. The quantitative estimate of drug-likeness (QED) is 0.660. The van der Waals surface area contributed by atoms with Crippen LogP contribution in [0.4, 0.5) is 13.9 Å². The molecule has 0 saturated heterocycles. The summed E-state index contributed by atoms with van der Waals surface area (Å²) in [5, 5.41) is 4.49. The molecule has 0 saturated carbocycles. The normalized spacial score (nSPS) is 10.7. The Bertz CT molecular complexity index is 968. The van der Waals surface area contributed by atoms with Gasteiger partial charge in [-0.15, -0.1) is 11.3 Å². The molecule has 0 spiro atoms. The molecule has 134 valence electrons. The zero-order chi connectivity index (χ0) is 18.7. The first-order chi connectivity index (χ1) is 12.4. The van der Waals surface area contributed by atoms with E-state index in [0.717, 1.165) is 23.5 Å². The number of benzene rings is 1. The maximum absolute atomic E-state index is 13.7. The molecule has 3 rings (SSSR count). The first-order valence-corrected chi connectivity index (χ1v) is 8.47. The molecule has 0 radical (unpaired) electrons. The maximum atomic E-state index is 13.7. The molecule has 0 atom stereocenters. The number of hydrogen-bond acceptors (Lipinski definition) is 6. The van der Waals surface area contributed by atoms with Crippen molar-refractivity contribution in [1.82, 2.24) is 9.97 Å². The number of nitrogens with one attached hydrogen (secondary N) is 1. The Balaban J connectivity index is 1.59. The zero-order valence-electron chi connectivity index (χ0n) is 13.6. The number of halogens is 2. The molecule has 2 aromatic heterocycles. The molecule has 0 aliphatic heterocycles. The van der Waals surface area contributed by atoms with Crippen molar-refractivity contribution in [3.8, 4) is 11.3 Å². The van der Waals surface area contributed by atoms with Crippen LogP contribution in [-0.4, -0.2) is 21.7 Å². The Hall–Kier alpha value is -2.94. The van der Waals surface area contributed by atoms with E-state index in [0.29, 0.717) is 10.8 Å². The molecule has 0 unspecified atom stereocenters. The Labute approximate surface area is 150 Å². The standard InChI is InChI=1S/C17H13F2N3O3S/c1-9(23)13-8-26-17(21-13)22-15(24)4-5-16-20-7-14(25-16)11-3-2-10(18)6-12(11)19/h2-3,6-8H,4-5H2,1H3,(H,21,22,24). The van der Waals surface area contributed by atoms with E-state index in [-0.39, 0.29) is 41.7 Å². The van der Waals surface area contributed by atoms with Crippen molar-refractivity contribution in [2.45, 2.75) is 19.8 Å². The van der Waals surface area contributed by atoms with E-state index < -0.39 is 11.6 Å². The third-order valence-corrected chi connectivity index (χ3v) is 4.19. The largest absolute Gasteiger partial charge is 0.441 e. The van der Waals surface area contributed by atoms with Crippen LogP contribution >= 0.6 is 11.3 Å². The summed E-state index contributed by atoms with van der Waals surface area (Å²) < 4.78 is 32.1. The van der Waals surface area contributed by atoms with Crippen molar-refractivity contribution < 1.29 is 22.8 Å².